The fourth-order valence-electron chi connectivity index (χ4n) is 3.82. The molecule has 0 spiro atoms. The molecular formula is C31H28O2. The highest BCUT2D eigenvalue weighted by atomic mass is 16.5. The number of hydrogen-bond donors (Lipinski definition) is 0. The van der Waals surface area contributed by atoms with Crippen LogP contribution in [0.25, 0.3) is 17.2 Å². The Morgan fingerprint density at radius 1 is 0.576 bits per heavy atom. The van der Waals surface area contributed by atoms with Gasteiger partial charge in [0.05, 0.1) is 14.2 Å². The van der Waals surface area contributed by atoms with Gasteiger partial charge in [0.1, 0.15) is 11.5 Å². The van der Waals surface area contributed by atoms with E-state index in [0.29, 0.717) is 0 Å². The molecule has 0 fully saturated rings. The summed E-state index contributed by atoms with van der Waals surface area (Å²) in [6, 6.07) is 37.5. The maximum Gasteiger partial charge on any atom is 0.118 e. The molecule has 0 aliphatic rings. The molecule has 0 aromatic heterocycles. The van der Waals surface area contributed by atoms with E-state index in [1.54, 1.807) is 14.2 Å². The zero-order chi connectivity index (χ0) is 22.9. The fourth-order valence-corrected chi connectivity index (χ4v) is 3.82. The molecule has 4 aromatic carbocycles. The molecule has 0 saturated carbocycles. The number of allylic oxidation sites excluding steroid dienone is 2. The van der Waals surface area contributed by atoms with Gasteiger partial charge in [-0.15, -0.1) is 0 Å². The summed E-state index contributed by atoms with van der Waals surface area (Å²) >= 11 is 0. The Balaban J connectivity index is 1.75. The molecule has 164 valence electrons. The molecule has 0 unspecified atom stereocenters. The summed E-state index contributed by atoms with van der Waals surface area (Å²) in [5.41, 5.74) is 7.18. The Labute approximate surface area is 196 Å². The van der Waals surface area contributed by atoms with Crippen molar-refractivity contribution in [1.29, 1.82) is 0 Å². The van der Waals surface area contributed by atoms with E-state index in [1.165, 1.54) is 27.8 Å². The van der Waals surface area contributed by atoms with Crippen LogP contribution in [0.5, 0.6) is 11.5 Å². The van der Waals surface area contributed by atoms with Crippen LogP contribution in [-0.4, -0.2) is 14.2 Å². The predicted molar refractivity (Wildman–Crippen MR) is 138 cm³/mol. The van der Waals surface area contributed by atoms with Crippen LogP contribution in [0.3, 0.4) is 0 Å². The second kappa shape index (κ2) is 11.0. The smallest absolute Gasteiger partial charge is 0.118 e. The molecule has 0 aliphatic heterocycles. The van der Waals surface area contributed by atoms with E-state index in [1.807, 2.05) is 24.3 Å². The van der Waals surface area contributed by atoms with Gasteiger partial charge in [0.2, 0.25) is 0 Å². The number of methoxy groups -OCH3 is 2. The van der Waals surface area contributed by atoms with Crippen LogP contribution < -0.4 is 9.47 Å². The second-order valence-electron chi connectivity index (χ2n) is 7.73. The fraction of sp³-hybridized carbons (Fsp3) is 0.0968. The molecule has 0 aliphatic carbocycles. The summed E-state index contributed by atoms with van der Waals surface area (Å²) < 4.78 is 10.7. The zero-order valence-corrected chi connectivity index (χ0v) is 19.1. The normalized spacial score (nSPS) is 11.0. The summed E-state index contributed by atoms with van der Waals surface area (Å²) in [6.45, 7) is 0. The number of benzene rings is 4. The van der Waals surface area contributed by atoms with Crippen molar-refractivity contribution < 1.29 is 9.47 Å². The maximum atomic E-state index is 5.36. The number of ether oxygens (including phenoxy) is 2. The predicted octanol–water partition coefficient (Wildman–Crippen LogP) is 7.77. The average molecular weight is 433 g/mol. The quantitative estimate of drug-likeness (QED) is 0.265. The van der Waals surface area contributed by atoms with Crippen LogP contribution in [0.1, 0.15) is 28.7 Å². The van der Waals surface area contributed by atoms with Gasteiger partial charge in [0, 0.05) is 0 Å². The summed E-state index contributed by atoms with van der Waals surface area (Å²) in [6.07, 6.45) is 5.35. The van der Waals surface area contributed by atoms with E-state index >= 15 is 0 Å². The van der Waals surface area contributed by atoms with Crippen LogP contribution in [0.4, 0.5) is 0 Å². The van der Waals surface area contributed by atoms with Gasteiger partial charge in [0.25, 0.3) is 0 Å². The Bertz CT molecular complexity index is 1160. The molecule has 0 atom stereocenters. The average Bonchev–Trinajstić information content (AvgIpc) is 2.90. The van der Waals surface area contributed by atoms with Gasteiger partial charge in [-0.25, -0.2) is 0 Å². The van der Waals surface area contributed by atoms with E-state index in [9.17, 15) is 0 Å². The van der Waals surface area contributed by atoms with Crippen LogP contribution in [0.15, 0.2) is 115 Å². The Morgan fingerprint density at radius 3 is 1.55 bits per heavy atom. The Hall–Kier alpha value is -4.04. The van der Waals surface area contributed by atoms with E-state index in [4.69, 9.17) is 9.47 Å². The van der Waals surface area contributed by atoms with Gasteiger partial charge in [-0.2, -0.15) is 0 Å². The van der Waals surface area contributed by atoms with Gasteiger partial charge < -0.3 is 9.47 Å². The van der Waals surface area contributed by atoms with Gasteiger partial charge in [-0.3, -0.25) is 0 Å². The molecule has 0 amide bonds. The molecule has 2 heteroatoms. The minimum atomic E-state index is 0.789. The molecule has 33 heavy (non-hydrogen) atoms. The Morgan fingerprint density at radius 2 is 1.06 bits per heavy atom. The minimum absolute atomic E-state index is 0.789. The topological polar surface area (TPSA) is 18.5 Å². The molecule has 0 radical (unpaired) electrons. The summed E-state index contributed by atoms with van der Waals surface area (Å²) in [5, 5.41) is 0. The molecule has 4 rings (SSSR count). The highest BCUT2D eigenvalue weighted by molar-refractivity contribution is 5.86. The van der Waals surface area contributed by atoms with Gasteiger partial charge in [-0.1, -0.05) is 97.1 Å². The third kappa shape index (κ3) is 5.81. The highest BCUT2D eigenvalue weighted by Crippen LogP contribution is 2.29. The molecule has 2 nitrogen and oxygen atoms in total. The molecule has 0 heterocycles. The summed E-state index contributed by atoms with van der Waals surface area (Å²) in [7, 11) is 3.38. The van der Waals surface area contributed by atoms with Gasteiger partial charge in [-0.05, 0) is 64.1 Å². The third-order valence-corrected chi connectivity index (χ3v) is 5.61. The van der Waals surface area contributed by atoms with Crippen molar-refractivity contribution in [3.63, 3.8) is 0 Å². The third-order valence-electron chi connectivity index (χ3n) is 5.61. The van der Waals surface area contributed by atoms with Crippen molar-refractivity contribution in [2.24, 2.45) is 0 Å². The van der Waals surface area contributed by atoms with E-state index in [0.717, 1.165) is 23.5 Å². The first-order chi connectivity index (χ1) is 16.3. The van der Waals surface area contributed by atoms with E-state index in [2.05, 4.69) is 97.1 Å². The molecule has 0 bridgehead atoms. The number of hydrogen-bond acceptors (Lipinski definition) is 2. The van der Waals surface area contributed by atoms with Crippen molar-refractivity contribution in [2.45, 2.75) is 6.42 Å². The largest absolute Gasteiger partial charge is 0.497 e. The standard InChI is InChI=1S/C31H28O2/c1-32-29-18-13-24(14-19-29)23-28(25-15-20-30(33-2)21-16-25)17-22-31(26-9-5-3-6-10-26)27-11-7-4-8-12-27/h3-16,18-23H,17H2,1-2H3/b28-23+. The second-order valence-corrected chi connectivity index (χ2v) is 7.73. The number of rotatable bonds is 8. The lowest BCUT2D eigenvalue weighted by molar-refractivity contribution is 0.414. The lowest BCUT2D eigenvalue weighted by Gasteiger charge is -2.12. The van der Waals surface area contributed by atoms with Crippen LogP contribution in [0, 0.1) is 0 Å². The first kappa shape index (κ1) is 22.2. The highest BCUT2D eigenvalue weighted by Gasteiger charge is 2.07. The van der Waals surface area contributed by atoms with Crippen LogP contribution in [0.2, 0.25) is 0 Å². The van der Waals surface area contributed by atoms with Crippen LogP contribution >= 0.6 is 0 Å². The summed E-state index contributed by atoms with van der Waals surface area (Å²) in [4.78, 5) is 0. The lowest BCUT2D eigenvalue weighted by Crippen LogP contribution is -1.91. The van der Waals surface area contributed by atoms with E-state index in [-0.39, 0.29) is 0 Å². The van der Waals surface area contributed by atoms with Crippen molar-refractivity contribution in [3.05, 3.63) is 138 Å². The molecule has 0 N–H and O–H groups in total. The zero-order valence-electron chi connectivity index (χ0n) is 19.1. The molecule has 4 aromatic rings. The first-order valence-corrected chi connectivity index (χ1v) is 11.1. The van der Waals surface area contributed by atoms with Crippen molar-refractivity contribution >= 4 is 17.2 Å². The Kier molecular flexibility index (Phi) is 7.40. The van der Waals surface area contributed by atoms with Crippen LogP contribution in [-0.2, 0) is 0 Å². The summed E-state index contributed by atoms with van der Waals surface area (Å²) in [5.74, 6) is 1.71. The lowest BCUT2D eigenvalue weighted by atomic mass is 9.93. The van der Waals surface area contributed by atoms with E-state index < -0.39 is 0 Å². The monoisotopic (exact) mass is 432 g/mol. The molecular weight excluding hydrogens is 404 g/mol. The SMILES string of the molecule is COc1ccc(/C=C(\CC=C(c2ccccc2)c2ccccc2)c2ccc(OC)cc2)cc1. The maximum absolute atomic E-state index is 5.36. The molecule has 0 saturated heterocycles. The first-order valence-electron chi connectivity index (χ1n) is 11.1. The minimum Gasteiger partial charge on any atom is -0.497 e. The van der Waals surface area contributed by atoms with Gasteiger partial charge in [0.15, 0.2) is 0 Å². The van der Waals surface area contributed by atoms with Gasteiger partial charge >= 0.3 is 0 Å². The van der Waals surface area contributed by atoms with Crippen molar-refractivity contribution in [2.75, 3.05) is 14.2 Å². The van der Waals surface area contributed by atoms with Crippen molar-refractivity contribution in [1.82, 2.24) is 0 Å². The van der Waals surface area contributed by atoms with Crippen molar-refractivity contribution in [3.8, 4) is 11.5 Å².